The van der Waals surface area contributed by atoms with Gasteiger partial charge in [-0.25, -0.2) is 0 Å². The normalized spacial score (nSPS) is 21.1. The standard InChI is InChI=1S/C16H23N3/c1-4-12-5-6-15-13(9-12)14(11-19(15)3)16-10-17-7-8-18(16)2/h5-6,9,11,16-17H,4,7-8,10H2,1-3H3. The zero-order valence-corrected chi connectivity index (χ0v) is 12.1. The molecule has 1 aliphatic rings. The van der Waals surface area contributed by atoms with Crippen LogP contribution >= 0.6 is 0 Å². The van der Waals surface area contributed by atoms with E-state index in [1.54, 1.807) is 0 Å². The lowest BCUT2D eigenvalue weighted by molar-refractivity contribution is 0.203. The summed E-state index contributed by atoms with van der Waals surface area (Å²) in [5, 5.41) is 4.93. The first-order valence-corrected chi connectivity index (χ1v) is 7.19. The molecule has 1 fully saturated rings. The van der Waals surface area contributed by atoms with Gasteiger partial charge in [0.25, 0.3) is 0 Å². The Labute approximate surface area is 115 Å². The maximum atomic E-state index is 3.52. The zero-order chi connectivity index (χ0) is 13.4. The fourth-order valence-corrected chi connectivity index (χ4v) is 3.11. The maximum absolute atomic E-state index is 3.52. The van der Waals surface area contributed by atoms with Gasteiger partial charge in [0, 0.05) is 49.8 Å². The predicted molar refractivity (Wildman–Crippen MR) is 80.5 cm³/mol. The van der Waals surface area contributed by atoms with E-state index in [0.717, 1.165) is 26.1 Å². The molecule has 0 spiro atoms. The van der Waals surface area contributed by atoms with Crippen molar-refractivity contribution < 1.29 is 0 Å². The molecule has 1 saturated heterocycles. The van der Waals surface area contributed by atoms with E-state index in [-0.39, 0.29) is 0 Å². The lowest BCUT2D eigenvalue weighted by Crippen LogP contribution is -2.43. The topological polar surface area (TPSA) is 20.2 Å². The highest BCUT2D eigenvalue weighted by atomic mass is 15.2. The molecule has 0 aliphatic carbocycles. The molecular formula is C16H23N3. The number of hydrogen-bond acceptors (Lipinski definition) is 2. The Hall–Kier alpha value is -1.32. The quantitative estimate of drug-likeness (QED) is 0.891. The van der Waals surface area contributed by atoms with E-state index in [0.29, 0.717) is 6.04 Å². The van der Waals surface area contributed by atoms with E-state index in [9.17, 15) is 0 Å². The molecule has 3 heteroatoms. The molecule has 1 unspecified atom stereocenters. The molecule has 1 atom stereocenters. The van der Waals surface area contributed by atoms with Crippen molar-refractivity contribution in [2.45, 2.75) is 19.4 Å². The van der Waals surface area contributed by atoms with Crippen molar-refractivity contribution in [2.24, 2.45) is 7.05 Å². The third-order valence-electron chi connectivity index (χ3n) is 4.36. The van der Waals surface area contributed by atoms with Crippen LogP contribution in [0.1, 0.15) is 24.1 Å². The van der Waals surface area contributed by atoms with Gasteiger partial charge in [0.2, 0.25) is 0 Å². The van der Waals surface area contributed by atoms with Crippen LogP contribution in [-0.2, 0) is 13.5 Å². The van der Waals surface area contributed by atoms with Crippen molar-refractivity contribution in [3.8, 4) is 0 Å². The van der Waals surface area contributed by atoms with Gasteiger partial charge in [0.15, 0.2) is 0 Å². The monoisotopic (exact) mass is 257 g/mol. The Kier molecular flexibility index (Phi) is 3.33. The minimum absolute atomic E-state index is 0.490. The second-order valence-corrected chi connectivity index (χ2v) is 5.60. The van der Waals surface area contributed by atoms with E-state index in [4.69, 9.17) is 0 Å². The summed E-state index contributed by atoms with van der Waals surface area (Å²) in [4.78, 5) is 2.46. The maximum Gasteiger partial charge on any atom is 0.0491 e. The number of aromatic nitrogens is 1. The van der Waals surface area contributed by atoms with E-state index in [2.05, 4.69) is 60.2 Å². The molecule has 2 heterocycles. The summed E-state index contributed by atoms with van der Waals surface area (Å²) in [6.07, 6.45) is 3.40. The SMILES string of the molecule is CCc1ccc2c(c1)c(C1CNCCN1C)cn2C. The van der Waals surface area contributed by atoms with Crippen LogP contribution in [0.5, 0.6) is 0 Å². The van der Waals surface area contributed by atoms with Crippen LogP contribution in [0.25, 0.3) is 10.9 Å². The van der Waals surface area contributed by atoms with Gasteiger partial charge >= 0.3 is 0 Å². The number of benzene rings is 1. The molecular weight excluding hydrogens is 234 g/mol. The summed E-state index contributed by atoms with van der Waals surface area (Å²) in [5.41, 5.74) is 4.22. The molecule has 102 valence electrons. The Morgan fingerprint density at radius 3 is 2.89 bits per heavy atom. The molecule has 0 amide bonds. The number of rotatable bonds is 2. The minimum atomic E-state index is 0.490. The largest absolute Gasteiger partial charge is 0.350 e. The van der Waals surface area contributed by atoms with Gasteiger partial charge < -0.3 is 9.88 Å². The van der Waals surface area contributed by atoms with Crippen LogP contribution in [0.15, 0.2) is 24.4 Å². The smallest absolute Gasteiger partial charge is 0.0491 e. The van der Waals surface area contributed by atoms with Crippen LogP contribution < -0.4 is 5.32 Å². The van der Waals surface area contributed by atoms with Crippen LogP contribution in [-0.4, -0.2) is 36.1 Å². The Morgan fingerprint density at radius 2 is 2.16 bits per heavy atom. The van der Waals surface area contributed by atoms with Crippen molar-refractivity contribution in [1.82, 2.24) is 14.8 Å². The van der Waals surface area contributed by atoms with Crippen LogP contribution in [0.2, 0.25) is 0 Å². The van der Waals surface area contributed by atoms with E-state index in [1.165, 1.54) is 22.0 Å². The third kappa shape index (κ3) is 2.17. The van der Waals surface area contributed by atoms with Gasteiger partial charge in [0.05, 0.1) is 0 Å². The van der Waals surface area contributed by atoms with Crippen molar-refractivity contribution in [2.75, 3.05) is 26.7 Å². The van der Waals surface area contributed by atoms with Crippen molar-refractivity contribution in [1.29, 1.82) is 0 Å². The van der Waals surface area contributed by atoms with E-state index < -0.39 is 0 Å². The van der Waals surface area contributed by atoms with Gasteiger partial charge in [0.1, 0.15) is 0 Å². The van der Waals surface area contributed by atoms with Gasteiger partial charge in [-0.15, -0.1) is 0 Å². The summed E-state index contributed by atoms with van der Waals surface area (Å²) in [6, 6.07) is 7.36. The molecule has 1 aromatic heterocycles. The molecule has 1 aliphatic heterocycles. The van der Waals surface area contributed by atoms with Crippen LogP contribution in [0.4, 0.5) is 0 Å². The number of nitrogens with one attached hydrogen (secondary N) is 1. The number of fused-ring (bicyclic) bond motifs is 1. The van der Waals surface area contributed by atoms with Gasteiger partial charge in [-0.05, 0) is 36.7 Å². The Morgan fingerprint density at radius 1 is 1.32 bits per heavy atom. The molecule has 0 bridgehead atoms. The molecule has 19 heavy (non-hydrogen) atoms. The molecule has 3 rings (SSSR count). The predicted octanol–water partition coefficient (Wildman–Crippen LogP) is 2.32. The van der Waals surface area contributed by atoms with Gasteiger partial charge in [-0.2, -0.15) is 0 Å². The Bertz CT molecular complexity index is 585. The zero-order valence-electron chi connectivity index (χ0n) is 12.1. The number of aryl methyl sites for hydroxylation is 2. The van der Waals surface area contributed by atoms with Crippen molar-refractivity contribution in [3.63, 3.8) is 0 Å². The lowest BCUT2D eigenvalue weighted by Gasteiger charge is -2.33. The summed E-state index contributed by atoms with van der Waals surface area (Å²) in [6.45, 7) is 5.48. The third-order valence-corrected chi connectivity index (χ3v) is 4.36. The highest BCUT2D eigenvalue weighted by Crippen LogP contribution is 2.30. The van der Waals surface area contributed by atoms with E-state index in [1.807, 2.05) is 0 Å². The molecule has 0 saturated carbocycles. The first kappa shape index (κ1) is 12.7. The van der Waals surface area contributed by atoms with Crippen LogP contribution in [0, 0.1) is 0 Å². The number of hydrogen-bond donors (Lipinski definition) is 1. The van der Waals surface area contributed by atoms with Crippen molar-refractivity contribution in [3.05, 3.63) is 35.5 Å². The lowest BCUT2D eigenvalue weighted by atomic mass is 10.0. The van der Waals surface area contributed by atoms with Crippen LogP contribution in [0.3, 0.4) is 0 Å². The molecule has 1 N–H and O–H groups in total. The summed E-state index contributed by atoms with van der Waals surface area (Å²) in [5.74, 6) is 0. The first-order valence-electron chi connectivity index (χ1n) is 7.19. The fourth-order valence-electron chi connectivity index (χ4n) is 3.11. The highest BCUT2D eigenvalue weighted by molar-refractivity contribution is 5.85. The summed E-state index contributed by atoms with van der Waals surface area (Å²) < 4.78 is 2.26. The number of nitrogens with zero attached hydrogens (tertiary/aromatic N) is 2. The van der Waals surface area contributed by atoms with Crippen molar-refractivity contribution >= 4 is 10.9 Å². The van der Waals surface area contributed by atoms with Gasteiger partial charge in [-0.3, -0.25) is 4.90 Å². The minimum Gasteiger partial charge on any atom is -0.350 e. The average Bonchev–Trinajstić information content (AvgIpc) is 2.76. The fraction of sp³-hybridized carbons (Fsp3) is 0.500. The second kappa shape index (κ2) is 4.99. The molecule has 1 aromatic carbocycles. The highest BCUT2D eigenvalue weighted by Gasteiger charge is 2.23. The second-order valence-electron chi connectivity index (χ2n) is 5.60. The van der Waals surface area contributed by atoms with E-state index >= 15 is 0 Å². The summed E-state index contributed by atoms with van der Waals surface area (Å²) >= 11 is 0. The summed E-state index contributed by atoms with van der Waals surface area (Å²) in [7, 11) is 4.38. The number of piperazine rings is 1. The molecule has 0 radical (unpaired) electrons. The average molecular weight is 257 g/mol. The molecule has 2 aromatic rings. The molecule has 3 nitrogen and oxygen atoms in total. The Balaban J connectivity index is 2.11. The first-order chi connectivity index (χ1) is 9.20. The van der Waals surface area contributed by atoms with Gasteiger partial charge in [-0.1, -0.05) is 13.0 Å². The number of likely N-dealkylation sites (N-methyl/N-ethyl adjacent to an activating group) is 1.